The number of hydrogen-bond acceptors (Lipinski definition) is 4. The minimum atomic E-state index is -3.57. The van der Waals surface area contributed by atoms with Crippen LogP contribution < -0.4 is 10.6 Å². The summed E-state index contributed by atoms with van der Waals surface area (Å²) in [6.45, 7) is 7.93. The molecule has 0 spiro atoms. The van der Waals surface area contributed by atoms with Gasteiger partial charge in [-0.15, -0.1) is 0 Å². The van der Waals surface area contributed by atoms with Gasteiger partial charge in [0.1, 0.15) is 6.04 Å². The zero-order chi connectivity index (χ0) is 20.2. The fraction of sp³-hybridized carbons (Fsp3) is 0.579. The van der Waals surface area contributed by atoms with E-state index in [-0.39, 0.29) is 10.8 Å². The van der Waals surface area contributed by atoms with Crippen molar-refractivity contribution in [2.45, 2.75) is 57.9 Å². The Morgan fingerprint density at radius 1 is 1.11 bits per heavy atom. The van der Waals surface area contributed by atoms with Crippen molar-refractivity contribution in [2.24, 2.45) is 5.41 Å². The number of carbonyl (C=O) groups excluding carboxylic acids is 2. The van der Waals surface area contributed by atoms with Crippen molar-refractivity contribution in [2.75, 3.05) is 18.4 Å². The first-order valence-electron chi connectivity index (χ1n) is 9.24. The monoisotopic (exact) mass is 395 g/mol. The van der Waals surface area contributed by atoms with E-state index in [0.717, 1.165) is 19.3 Å². The number of carbonyl (C=O) groups is 2. The average Bonchev–Trinajstić information content (AvgIpc) is 2.61. The van der Waals surface area contributed by atoms with Gasteiger partial charge >= 0.3 is 0 Å². The summed E-state index contributed by atoms with van der Waals surface area (Å²) in [5.74, 6) is -0.633. The van der Waals surface area contributed by atoms with E-state index in [2.05, 4.69) is 10.6 Å². The van der Waals surface area contributed by atoms with Gasteiger partial charge in [-0.25, -0.2) is 8.42 Å². The Balaban J connectivity index is 2.09. The zero-order valence-corrected chi connectivity index (χ0v) is 17.2. The third-order valence-corrected chi connectivity index (χ3v) is 6.37. The summed E-state index contributed by atoms with van der Waals surface area (Å²) in [6.07, 6.45) is 2.77. The lowest BCUT2D eigenvalue weighted by Gasteiger charge is -2.26. The van der Waals surface area contributed by atoms with Gasteiger partial charge in [0.2, 0.25) is 21.8 Å². The number of nitrogens with one attached hydrogen (secondary N) is 2. The number of amides is 2. The van der Waals surface area contributed by atoms with Gasteiger partial charge in [0.15, 0.2) is 0 Å². The van der Waals surface area contributed by atoms with Crippen molar-refractivity contribution in [1.82, 2.24) is 9.62 Å². The molecule has 0 bridgehead atoms. The first-order valence-corrected chi connectivity index (χ1v) is 10.7. The topological polar surface area (TPSA) is 95.6 Å². The molecule has 1 atom stereocenters. The van der Waals surface area contributed by atoms with Crippen molar-refractivity contribution in [1.29, 1.82) is 0 Å². The highest BCUT2D eigenvalue weighted by Crippen LogP contribution is 2.23. The van der Waals surface area contributed by atoms with Gasteiger partial charge in [-0.3, -0.25) is 9.59 Å². The van der Waals surface area contributed by atoms with Gasteiger partial charge in [-0.05, 0) is 38.0 Å². The van der Waals surface area contributed by atoms with Gasteiger partial charge in [0.25, 0.3) is 0 Å². The average molecular weight is 396 g/mol. The molecule has 1 aliphatic heterocycles. The molecule has 1 aromatic rings. The molecule has 8 heteroatoms. The van der Waals surface area contributed by atoms with E-state index in [1.807, 2.05) is 0 Å². The zero-order valence-electron chi connectivity index (χ0n) is 16.4. The summed E-state index contributed by atoms with van der Waals surface area (Å²) in [5, 5.41) is 5.34. The molecule has 2 amide bonds. The molecule has 0 aromatic heterocycles. The number of anilines is 1. The Labute approximate surface area is 161 Å². The Morgan fingerprint density at radius 2 is 1.74 bits per heavy atom. The van der Waals surface area contributed by atoms with E-state index in [0.29, 0.717) is 18.8 Å². The first-order chi connectivity index (χ1) is 12.5. The number of piperidine rings is 1. The maximum absolute atomic E-state index is 12.8. The molecule has 1 aliphatic rings. The molecule has 27 heavy (non-hydrogen) atoms. The normalized spacial score (nSPS) is 17.2. The van der Waals surface area contributed by atoms with Crippen molar-refractivity contribution >= 4 is 27.5 Å². The van der Waals surface area contributed by atoms with Gasteiger partial charge in [0, 0.05) is 24.2 Å². The van der Waals surface area contributed by atoms with Crippen molar-refractivity contribution in [3.05, 3.63) is 24.3 Å². The van der Waals surface area contributed by atoms with Crippen molar-refractivity contribution in [3.8, 4) is 0 Å². The van der Waals surface area contributed by atoms with Crippen molar-refractivity contribution in [3.63, 3.8) is 0 Å². The standard InChI is InChI=1S/C19H29N3O4S/c1-14(20-18(24)19(2,3)4)17(23)21-15-9-8-10-16(13-15)27(25,26)22-11-6-5-7-12-22/h8-10,13-14H,5-7,11-12H2,1-4H3,(H,20,24)(H,21,23). The van der Waals surface area contributed by atoms with Crippen LogP contribution in [0.25, 0.3) is 0 Å². The quantitative estimate of drug-likeness (QED) is 0.800. The van der Waals surface area contributed by atoms with Crippen LogP contribution in [-0.4, -0.2) is 43.7 Å². The predicted octanol–water partition coefficient (Wildman–Crippen LogP) is 2.35. The van der Waals surface area contributed by atoms with Crippen LogP contribution in [0.15, 0.2) is 29.2 Å². The summed E-state index contributed by atoms with van der Waals surface area (Å²) in [7, 11) is -3.57. The van der Waals surface area contributed by atoms with Crippen LogP contribution in [0.2, 0.25) is 0 Å². The summed E-state index contributed by atoms with van der Waals surface area (Å²) in [6, 6.07) is 5.49. The fourth-order valence-corrected chi connectivity index (χ4v) is 4.28. The van der Waals surface area contributed by atoms with E-state index in [1.165, 1.54) is 16.4 Å². The predicted molar refractivity (Wildman–Crippen MR) is 105 cm³/mol. The molecule has 7 nitrogen and oxygen atoms in total. The van der Waals surface area contributed by atoms with Gasteiger partial charge in [-0.2, -0.15) is 4.31 Å². The van der Waals surface area contributed by atoms with Crippen LogP contribution in [0.5, 0.6) is 0 Å². The largest absolute Gasteiger partial charge is 0.344 e. The van der Waals surface area contributed by atoms with Gasteiger partial charge < -0.3 is 10.6 Å². The molecule has 2 N–H and O–H groups in total. The lowest BCUT2D eigenvalue weighted by molar-refractivity contribution is -0.131. The van der Waals surface area contributed by atoms with Crippen LogP contribution in [0.3, 0.4) is 0 Å². The van der Waals surface area contributed by atoms with E-state index < -0.39 is 27.4 Å². The molecular formula is C19H29N3O4S. The van der Waals surface area contributed by atoms with Gasteiger partial charge in [-0.1, -0.05) is 33.3 Å². The molecule has 1 aromatic carbocycles. The summed E-state index contributed by atoms with van der Waals surface area (Å²) < 4.78 is 27.0. The maximum Gasteiger partial charge on any atom is 0.246 e. The Kier molecular flexibility index (Phi) is 6.64. The minimum absolute atomic E-state index is 0.161. The second-order valence-electron chi connectivity index (χ2n) is 7.93. The second kappa shape index (κ2) is 8.39. The number of nitrogens with zero attached hydrogens (tertiary/aromatic N) is 1. The molecule has 0 saturated carbocycles. The number of benzene rings is 1. The molecule has 2 rings (SSSR count). The summed E-state index contributed by atoms with van der Waals surface area (Å²) in [5.41, 5.74) is -0.216. The molecule has 0 radical (unpaired) electrons. The highest BCUT2D eigenvalue weighted by Gasteiger charge is 2.27. The smallest absolute Gasteiger partial charge is 0.246 e. The maximum atomic E-state index is 12.8. The molecule has 1 saturated heterocycles. The lowest BCUT2D eigenvalue weighted by atomic mass is 9.95. The van der Waals surface area contributed by atoms with E-state index in [4.69, 9.17) is 0 Å². The van der Waals surface area contributed by atoms with Crippen LogP contribution in [-0.2, 0) is 19.6 Å². The fourth-order valence-electron chi connectivity index (χ4n) is 2.72. The van der Waals surface area contributed by atoms with Crippen LogP contribution in [0, 0.1) is 5.41 Å². The van der Waals surface area contributed by atoms with Gasteiger partial charge in [0.05, 0.1) is 4.90 Å². The van der Waals surface area contributed by atoms with Crippen LogP contribution in [0.4, 0.5) is 5.69 Å². The van der Waals surface area contributed by atoms with Crippen LogP contribution in [0.1, 0.15) is 47.0 Å². The summed E-state index contributed by atoms with van der Waals surface area (Å²) in [4.78, 5) is 24.5. The second-order valence-corrected chi connectivity index (χ2v) is 9.86. The van der Waals surface area contributed by atoms with E-state index >= 15 is 0 Å². The molecule has 1 unspecified atom stereocenters. The molecular weight excluding hydrogens is 366 g/mol. The molecule has 1 heterocycles. The van der Waals surface area contributed by atoms with E-state index in [1.54, 1.807) is 39.8 Å². The Hall–Kier alpha value is -1.93. The molecule has 150 valence electrons. The van der Waals surface area contributed by atoms with Crippen LogP contribution >= 0.6 is 0 Å². The highest BCUT2D eigenvalue weighted by atomic mass is 32.2. The third-order valence-electron chi connectivity index (χ3n) is 4.48. The summed E-state index contributed by atoms with van der Waals surface area (Å²) >= 11 is 0. The number of rotatable bonds is 5. The first kappa shape index (κ1) is 21.4. The SMILES string of the molecule is CC(NC(=O)C(C)(C)C)C(=O)Nc1cccc(S(=O)(=O)N2CCCCC2)c1. The molecule has 1 fully saturated rings. The third kappa shape index (κ3) is 5.52. The Morgan fingerprint density at radius 3 is 2.33 bits per heavy atom. The molecule has 0 aliphatic carbocycles. The Bertz CT molecular complexity index is 793. The number of hydrogen-bond donors (Lipinski definition) is 2. The van der Waals surface area contributed by atoms with Crippen molar-refractivity contribution < 1.29 is 18.0 Å². The lowest BCUT2D eigenvalue weighted by Crippen LogP contribution is -2.46. The minimum Gasteiger partial charge on any atom is -0.344 e. The highest BCUT2D eigenvalue weighted by molar-refractivity contribution is 7.89. The van der Waals surface area contributed by atoms with E-state index in [9.17, 15) is 18.0 Å². The number of sulfonamides is 1.